The van der Waals surface area contributed by atoms with Crippen LogP contribution in [-0.2, 0) is 9.47 Å². The molecule has 9 heteroatoms. The zero-order valence-electron chi connectivity index (χ0n) is 17.2. The Morgan fingerprint density at radius 1 is 1.19 bits per heavy atom. The van der Waals surface area contributed by atoms with Crippen LogP contribution in [0.2, 0.25) is 0 Å². The quantitative estimate of drug-likeness (QED) is 0.388. The summed E-state index contributed by atoms with van der Waals surface area (Å²) in [6, 6.07) is 12.5. The lowest BCUT2D eigenvalue weighted by molar-refractivity contribution is 0.0679. The molecule has 31 heavy (non-hydrogen) atoms. The largest absolute Gasteiger partial charge is 0.491 e. The SMILES string of the molecule is COCCOc1ccc(C(=O)NC(=S)Nc2ccc(OCC3CCCO3)cc2)cc1Br. The molecule has 0 radical (unpaired) electrons. The van der Waals surface area contributed by atoms with Crippen molar-refractivity contribution in [3.05, 3.63) is 52.5 Å². The van der Waals surface area contributed by atoms with Gasteiger partial charge in [-0.3, -0.25) is 10.1 Å². The van der Waals surface area contributed by atoms with Gasteiger partial charge in [0.2, 0.25) is 0 Å². The van der Waals surface area contributed by atoms with Gasteiger partial charge < -0.3 is 24.3 Å². The number of hydrogen-bond acceptors (Lipinski definition) is 6. The zero-order valence-corrected chi connectivity index (χ0v) is 19.6. The van der Waals surface area contributed by atoms with Gasteiger partial charge in [0.15, 0.2) is 5.11 Å². The van der Waals surface area contributed by atoms with Gasteiger partial charge in [0.25, 0.3) is 5.91 Å². The van der Waals surface area contributed by atoms with Crippen LogP contribution in [0.15, 0.2) is 46.9 Å². The van der Waals surface area contributed by atoms with Gasteiger partial charge in [-0.25, -0.2) is 0 Å². The fraction of sp³-hybridized carbons (Fsp3) is 0.364. The second-order valence-corrected chi connectivity index (χ2v) is 8.13. The first-order chi connectivity index (χ1) is 15.0. The first-order valence-electron chi connectivity index (χ1n) is 9.93. The lowest BCUT2D eigenvalue weighted by Crippen LogP contribution is -2.34. The molecule has 2 aromatic rings. The molecule has 1 unspecified atom stereocenters. The molecule has 0 bridgehead atoms. The topological polar surface area (TPSA) is 78.1 Å². The summed E-state index contributed by atoms with van der Waals surface area (Å²) in [6.07, 6.45) is 2.29. The summed E-state index contributed by atoms with van der Waals surface area (Å²) in [4.78, 5) is 12.5. The molecule has 1 aliphatic rings. The lowest BCUT2D eigenvalue weighted by Gasteiger charge is -2.13. The molecule has 1 amide bonds. The molecule has 1 fully saturated rings. The third kappa shape index (κ3) is 7.46. The van der Waals surface area contributed by atoms with E-state index in [1.54, 1.807) is 25.3 Å². The summed E-state index contributed by atoms with van der Waals surface area (Å²) in [5, 5.41) is 5.87. The normalized spacial score (nSPS) is 15.4. The molecule has 3 rings (SSSR count). The van der Waals surface area contributed by atoms with Gasteiger partial charge >= 0.3 is 0 Å². The highest BCUT2D eigenvalue weighted by atomic mass is 79.9. The monoisotopic (exact) mass is 508 g/mol. The lowest BCUT2D eigenvalue weighted by atomic mass is 10.2. The van der Waals surface area contributed by atoms with Crippen LogP contribution in [0.3, 0.4) is 0 Å². The molecule has 1 heterocycles. The van der Waals surface area contributed by atoms with E-state index in [1.165, 1.54) is 0 Å². The molecule has 1 atom stereocenters. The maximum Gasteiger partial charge on any atom is 0.257 e. The van der Waals surface area contributed by atoms with E-state index in [9.17, 15) is 4.79 Å². The van der Waals surface area contributed by atoms with Crippen LogP contribution in [0, 0.1) is 0 Å². The number of nitrogens with one attached hydrogen (secondary N) is 2. The Bertz CT molecular complexity index is 888. The average molecular weight is 509 g/mol. The van der Waals surface area contributed by atoms with Gasteiger partial charge in [-0.1, -0.05) is 0 Å². The van der Waals surface area contributed by atoms with Crippen LogP contribution in [0.1, 0.15) is 23.2 Å². The molecule has 1 aliphatic heterocycles. The van der Waals surface area contributed by atoms with E-state index in [-0.39, 0.29) is 17.1 Å². The zero-order chi connectivity index (χ0) is 22.1. The molecule has 0 aromatic heterocycles. The summed E-state index contributed by atoms with van der Waals surface area (Å²) < 4.78 is 22.5. The number of carbonyl (C=O) groups excluding carboxylic acids is 1. The van der Waals surface area contributed by atoms with Crippen molar-refractivity contribution in [1.29, 1.82) is 0 Å². The van der Waals surface area contributed by atoms with Gasteiger partial charge in [0, 0.05) is 25.0 Å². The summed E-state index contributed by atoms with van der Waals surface area (Å²) in [5.41, 5.74) is 1.20. The van der Waals surface area contributed by atoms with Crippen molar-refractivity contribution >= 4 is 44.9 Å². The number of halogens is 1. The van der Waals surface area contributed by atoms with Crippen molar-refractivity contribution in [2.24, 2.45) is 0 Å². The Labute approximate surface area is 195 Å². The molecule has 166 valence electrons. The predicted molar refractivity (Wildman–Crippen MR) is 126 cm³/mol. The highest BCUT2D eigenvalue weighted by Crippen LogP contribution is 2.26. The maximum atomic E-state index is 12.5. The minimum absolute atomic E-state index is 0.173. The fourth-order valence-electron chi connectivity index (χ4n) is 2.93. The minimum atomic E-state index is -0.321. The first kappa shape index (κ1) is 23.5. The highest BCUT2D eigenvalue weighted by Gasteiger charge is 2.16. The number of methoxy groups -OCH3 is 1. The van der Waals surface area contributed by atoms with E-state index >= 15 is 0 Å². The first-order valence-corrected chi connectivity index (χ1v) is 11.1. The van der Waals surface area contributed by atoms with Crippen LogP contribution in [0.4, 0.5) is 5.69 Å². The smallest absolute Gasteiger partial charge is 0.257 e. The van der Waals surface area contributed by atoms with Crippen molar-refractivity contribution in [3.8, 4) is 11.5 Å². The Morgan fingerprint density at radius 2 is 2.00 bits per heavy atom. The number of hydrogen-bond donors (Lipinski definition) is 2. The molecular formula is C22H25BrN2O5S. The standard InChI is InChI=1S/C22H25BrN2O5S/c1-27-11-12-29-20-9-4-15(13-19(20)23)21(26)25-22(31)24-16-5-7-17(8-6-16)30-14-18-3-2-10-28-18/h4-9,13,18H,2-3,10-12,14H2,1H3,(H2,24,25,26,31). The Balaban J connectivity index is 1.47. The van der Waals surface area contributed by atoms with E-state index in [4.69, 9.17) is 31.2 Å². The summed E-state index contributed by atoms with van der Waals surface area (Å²) in [7, 11) is 1.61. The van der Waals surface area contributed by atoms with Crippen molar-refractivity contribution in [3.63, 3.8) is 0 Å². The number of ether oxygens (including phenoxy) is 4. The number of rotatable bonds is 9. The molecular weight excluding hydrogens is 484 g/mol. The van der Waals surface area contributed by atoms with Crippen molar-refractivity contribution in [2.45, 2.75) is 18.9 Å². The van der Waals surface area contributed by atoms with Crippen LogP contribution in [0.5, 0.6) is 11.5 Å². The molecule has 1 saturated heterocycles. The molecule has 2 aromatic carbocycles. The molecule has 7 nitrogen and oxygen atoms in total. The van der Waals surface area contributed by atoms with Crippen molar-refractivity contribution < 1.29 is 23.7 Å². The van der Waals surface area contributed by atoms with Crippen LogP contribution in [0.25, 0.3) is 0 Å². The summed E-state index contributed by atoms with van der Waals surface area (Å²) >= 11 is 8.67. The number of thiocarbonyl (C=S) groups is 1. The maximum absolute atomic E-state index is 12.5. The molecule has 0 aliphatic carbocycles. The number of anilines is 1. The van der Waals surface area contributed by atoms with Gasteiger partial charge in [0.1, 0.15) is 24.7 Å². The predicted octanol–water partition coefficient (Wildman–Crippen LogP) is 4.16. The van der Waals surface area contributed by atoms with E-state index in [0.717, 1.165) is 30.9 Å². The second-order valence-electron chi connectivity index (χ2n) is 6.87. The third-order valence-corrected chi connectivity index (χ3v) is 5.36. The van der Waals surface area contributed by atoms with E-state index in [1.807, 2.05) is 24.3 Å². The van der Waals surface area contributed by atoms with Crippen LogP contribution < -0.4 is 20.1 Å². The van der Waals surface area contributed by atoms with Crippen molar-refractivity contribution in [2.75, 3.05) is 38.9 Å². The van der Waals surface area contributed by atoms with Gasteiger partial charge in [-0.2, -0.15) is 0 Å². The fourth-order valence-corrected chi connectivity index (χ4v) is 3.63. The Hall–Kier alpha value is -2.20. The number of benzene rings is 2. The van der Waals surface area contributed by atoms with E-state index in [2.05, 4.69) is 26.6 Å². The highest BCUT2D eigenvalue weighted by molar-refractivity contribution is 9.10. The third-order valence-electron chi connectivity index (χ3n) is 4.54. The Morgan fingerprint density at radius 3 is 2.68 bits per heavy atom. The van der Waals surface area contributed by atoms with Crippen LogP contribution in [-0.4, -0.2) is 50.7 Å². The van der Waals surface area contributed by atoms with Crippen LogP contribution >= 0.6 is 28.1 Å². The molecule has 2 N–H and O–H groups in total. The van der Waals surface area contributed by atoms with Crippen molar-refractivity contribution in [1.82, 2.24) is 5.32 Å². The average Bonchev–Trinajstić information content (AvgIpc) is 3.28. The summed E-state index contributed by atoms with van der Waals surface area (Å²) in [5.74, 6) is 1.07. The molecule has 0 saturated carbocycles. The van der Waals surface area contributed by atoms with E-state index in [0.29, 0.717) is 35.6 Å². The Kier molecular flexibility index (Phi) is 9.08. The van der Waals surface area contributed by atoms with Gasteiger partial charge in [-0.15, -0.1) is 0 Å². The minimum Gasteiger partial charge on any atom is -0.491 e. The molecule has 0 spiro atoms. The van der Waals surface area contributed by atoms with Gasteiger partial charge in [-0.05, 0) is 83.5 Å². The summed E-state index contributed by atoms with van der Waals surface area (Å²) in [6.45, 7) is 2.26. The van der Waals surface area contributed by atoms with E-state index < -0.39 is 0 Å². The number of carbonyl (C=O) groups is 1. The second kappa shape index (κ2) is 12.0. The number of amides is 1. The van der Waals surface area contributed by atoms with Gasteiger partial charge in [0.05, 0.1) is 17.2 Å².